The van der Waals surface area contributed by atoms with Crippen LogP contribution in [0.1, 0.15) is 16.7 Å². The molecular formula is C14H16ClN3O2S. The molecule has 0 aliphatic heterocycles. The van der Waals surface area contributed by atoms with Gasteiger partial charge in [-0.2, -0.15) is 0 Å². The fourth-order valence-corrected chi connectivity index (χ4v) is 4.14. The number of pyridine rings is 1. The minimum atomic E-state index is -3.77. The quantitative estimate of drug-likeness (QED) is 0.671. The molecule has 0 saturated carbocycles. The van der Waals surface area contributed by atoms with E-state index >= 15 is 0 Å². The maximum absolute atomic E-state index is 12.6. The normalized spacial score (nSPS) is 11.4. The van der Waals surface area contributed by atoms with Gasteiger partial charge in [0, 0.05) is 11.9 Å². The third kappa shape index (κ3) is 3.11. The van der Waals surface area contributed by atoms with E-state index in [1.54, 1.807) is 39.0 Å². The second-order valence-corrected chi connectivity index (χ2v) is 6.86. The monoisotopic (exact) mass is 325 g/mol. The van der Waals surface area contributed by atoms with Crippen LogP contribution in [0, 0.1) is 20.8 Å². The van der Waals surface area contributed by atoms with E-state index in [1.807, 2.05) is 0 Å². The van der Waals surface area contributed by atoms with Gasteiger partial charge in [0.15, 0.2) is 5.15 Å². The number of nitrogen functional groups attached to an aromatic ring is 1. The summed E-state index contributed by atoms with van der Waals surface area (Å²) in [4.78, 5) is 4.10. The van der Waals surface area contributed by atoms with Crippen molar-refractivity contribution in [3.8, 4) is 0 Å². The first-order chi connectivity index (χ1) is 9.72. The topological polar surface area (TPSA) is 85.1 Å². The Morgan fingerprint density at radius 3 is 2.24 bits per heavy atom. The van der Waals surface area contributed by atoms with E-state index < -0.39 is 10.0 Å². The van der Waals surface area contributed by atoms with Crippen LogP contribution in [0.15, 0.2) is 29.3 Å². The van der Waals surface area contributed by atoms with E-state index in [0.29, 0.717) is 22.4 Å². The molecule has 1 aromatic carbocycles. The van der Waals surface area contributed by atoms with E-state index in [-0.39, 0.29) is 15.7 Å². The lowest BCUT2D eigenvalue weighted by Crippen LogP contribution is -2.17. The first-order valence-corrected chi connectivity index (χ1v) is 8.09. The van der Waals surface area contributed by atoms with Crippen molar-refractivity contribution in [2.24, 2.45) is 0 Å². The number of sulfonamides is 1. The van der Waals surface area contributed by atoms with Gasteiger partial charge < -0.3 is 5.73 Å². The van der Waals surface area contributed by atoms with Gasteiger partial charge in [-0.3, -0.25) is 4.72 Å². The summed E-state index contributed by atoms with van der Waals surface area (Å²) in [5.41, 5.74) is 8.40. The molecule has 7 heteroatoms. The van der Waals surface area contributed by atoms with Crippen molar-refractivity contribution >= 4 is 33.0 Å². The van der Waals surface area contributed by atoms with E-state index in [1.165, 1.54) is 6.20 Å². The number of aryl methyl sites for hydroxylation is 3. The molecule has 0 spiro atoms. The summed E-state index contributed by atoms with van der Waals surface area (Å²) in [6.45, 7) is 5.17. The lowest BCUT2D eigenvalue weighted by atomic mass is 10.1. The number of nitrogens with one attached hydrogen (secondary N) is 1. The van der Waals surface area contributed by atoms with Crippen LogP contribution in [-0.4, -0.2) is 13.4 Å². The van der Waals surface area contributed by atoms with E-state index in [2.05, 4.69) is 9.71 Å². The highest BCUT2D eigenvalue weighted by Gasteiger charge is 2.22. The van der Waals surface area contributed by atoms with Crippen molar-refractivity contribution < 1.29 is 8.42 Å². The Labute approximate surface area is 129 Å². The molecular weight excluding hydrogens is 310 g/mol. The first-order valence-electron chi connectivity index (χ1n) is 6.23. The van der Waals surface area contributed by atoms with Gasteiger partial charge >= 0.3 is 0 Å². The Balaban J connectivity index is 2.54. The molecule has 112 valence electrons. The number of hydrogen-bond donors (Lipinski definition) is 2. The fraction of sp³-hybridized carbons (Fsp3) is 0.214. The average molecular weight is 326 g/mol. The molecule has 2 aromatic rings. The van der Waals surface area contributed by atoms with Crippen molar-refractivity contribution in [3.63, 3.8) is 0 Å². The maximum atomic E-state index is 12.6. The summed E-state index contributed by atoms with van der Waals surface area (Å²) in [5, 5.41) is 0.115. The van der Waals surface area contributed by atoms with E-state index in [9.17, 15) is 8.42 Å². The number of benzene rings is 1. The highest BCUT2D eigenvalue weighted by atomic mass is 35.5. The van der Waals surface area contributed by atoms with Gasteiger partial charge in [0.25, 0.3) is 10.0 Å². The summed E-state index contributed by atoms with van der Waals surface area (Å²) in [7, 11) is -3.77. The molecule has 0 unspecified atom stereocenters. The standard InChI is InChI=1S/C14H16ClN3O2S/c1-8-4-5-17-14(15)12(8)18-21(19,20)13-9(2)6-11(16)7-10(13)3/h4-7,18H,16H2,1-3H3. The summed E-state index contributed by atoms with van der Waals surface area (Å²) in [5.74, 6) is 0. The van der Waals surface area contributed by atoms with Gasteiger partial charge in [-0.25, -0.2) is 13.4 Å². The van der Waals surface area contributed by atoms with Gasteiger partial charge in [0.1, 0.15) is 0 Å². The number of aromatic nitrogens is 1. The molecule has 0 aliphatic carbocycles. The summed E-state index contributed by atoms with van der Waals surface area (Å²) < 4.78 is 27.8. The van der Waals surface area contributed by atoms with Crippen molar-refractivity contribution in [3.05, 3.63) is 46.2 Å². The SMILES string of the molecule is Cc1ccnc(Cl)c1NS(=O)(=O)c1c(C)cc(N)cc1C. The maximum Gasteiger partial charge on any atom is 0.262 e. The first kappa shape index (κ1) is 15.6. The molecule has 0 atom stereocenters. The van der Waals surface area contributed by atoms with E-state index in [4.69, 9.17) is 17.3 Å². The smallest absolute Gasteiger partial charge is 0.262 e. The van der Waals surface area contributed by atoms with Crippen LogP contribution < -0.4 is 10.5 Å². The van der Waals surface area contributed by atoms with E-state index in [0.717, 1.165) is 0 Å². The van der Waals surface area contributed by atoms with Crippen LogP contribution in [0.4, 0.5) is 11.4 Å². The third-order valence-corrected chi connectivity index (χ3v) is 5.04. The molecule has 2 rings (SSSR count). The van der Waals surface area contributed by atoms with Crippen LogP contribution in [0.2, 0.25) is 5.15 Å². The Morgan fingerprint density at radius 1 is 1.14 bits per heavy atom. The second-order valence-electron chi connectivity index (χ2n) is 4.88. The van der Waals surface area contributed by atoms with Crippen LogP contribution in [0.25, 0.3) is 0 Å². The minimum Gasteiger partial charge on any atom is -0.399 e. The molecule has 0 radical (unpaired) electrons. The Bertz CT molecular complexity index is 761. The van der Waals surface area contributed by atoms with Crippen LogP contribution in [0.3, 0.4) is 0 Å². The number of hydrogen-bond acceptors (Lipinski definition) is 4. The van der Waals surface area contributed by atoms with Crippen molar-refractivity contribution in [1.82, 2.24) is 4.98 Å². The molecule has 0 bridgehead atoms. The molecule has 1 heterocycles. The summed E-state index contributed by atoms with van der Waals surface area (Å²) in [6, 6.07) is 4.94. The number of halogens is 1. The molecule has 1 aromatic heterocycles. The summed E-state index contributed by atoms with van der Waals surface area (Å²) in [6.07, 6.45) is 1.52. The summed E-state index contributed by atoms with van der Waals surface area (Å²) >= 11 is 5.97. The lowest BCUT2D eigenvalue weighted by Gasteiger charge is -2.15. The zero-order chi connectivity index (χ0) is 15.8. The molecule has 0 amide bonds. The number of nitrogens with zero attached hydrogens (tertiary/aromatic N) is 1. The Hall–Kier alpha value is -1.79. The fourth-order valence-electron chi connectivity index (χ4n) is 2.24. The highest BCUT2D eigenvalue weighted by Crippen LogP contribution is 2.29. The van der Waals surface area contributed by atoms with Crippen molar-refractivity contribution in [2.45, 2.75) is 25.7 Å². The zero-order valence-corrected chi connectivity index (χ0v) is 13.5. The predicted molar refractivity (Wildman–Crippen MR) is 85.1 cm³/mol. The highest BCUT2D eigenvalue weighted by molar-refractivity contribution is 7.92. The molecule has 0 aliphatic rings. The van der Waals surface area contributed by atoms with Gasteiger partial charge in [-0.15, -0.1) is 0 Å². The average Bonchev–Trinajstić information content (AvgIpc) is 2.32. The Kier molecular flexibility index (Phi) is 4.11. The number of nitrogens with two attached hydrogens (primary N) is 1. The van der Waals surface area contributed by atoms with Crippen molar-refractivity contribution in [1.29, 1.82) is 0 Å². The van der Waals surface area contributed by atoms with Gasteiger partial charge in [0.05, 0.1) is 10.6 Å². The third-order valence-electron chi connectivity index (χ3n) is 3.10. The molecule has 0 saturated heterocycles. The van der Waals surface area contributed by atoms with Crippen LogP contribution >= 0.6 is 11.6 Å². The minimum absolute atomic E-state index is 0.115. The second kappa shape index (κ2) is 5.54. The molecule has 0 fully saturated rings. The van der Waals surface area contributed by atoms with Crippen LogP contribution in [-0.2, 0) is 10.0 Å². The number of rotatable bonds is 3. The van der Waals surface area contributed by atoms with Crippen LogP contribution in [0.5, 0.6) is 0 Å². The number of anilines is 2. The van der Waals surface area contributed by atoms with Gasteiger partial charge in [-0.05, 0) is 55.7 Å². The van der Waals surface area contributed by atoms with Gasteiger partial charge in [-0.1, -0.05) is 11.6 Å². The van der Waals surface area contributed by atoms with Crippen molar-refractivity contribution in [2.75, 3.05) is 10.5 Å². The zero-order valence-electron chi connectivity index (χ0n) is 11.9. The Morgan fingerprint density at radius 2 is 1.71 bits per heavy atom. The molecule has 5 nitrogen and oxygen atoms in total. The molecule has 3 N–H and O–H groups in total. The predicted octanol–water partition coefficient (Wildman–Crippen LogP) is 3.04. The molecule has 21 heavy (non-hydrogen) atoms. The lowest BCUT2D eigenvalue weighted by molar-refractivity contribution is 0.600. The largest absolute Gasteiger partial charge is 0.399 e. The van der Waals surface area contributed by atoms with Gasteiger partial charge in [0.2, 0.25) is 0 Å².